The number of carbonyl (C=O) groups is 2. The van der Waals surface area contributed by atoms with Crippen molar-refractivity contribution in [1.29, 1.82) is 0 Å². The molecule has 1 aliphatic heterocycles. The first kappa shape index (κ1) is 18.5. The van der Waals surface area contributed by atoms with Crippen LogP contribution in [0.25, 0.3) is 0 Å². The van der Waals surface area contributed by atoms with Gasteiger partial charge in [-0.3, -0.25) is 4.79 Å². The fourth-order valence-electron chi connectivity index (χ4n) is 3.02. The molecule has 0 aliphatic carbocycles. The standard InChI is InChI=1S/C19H27NO4/c1-23-19(22)17-10-5-6-13-20(17)18(21)11-7-14-24-15-12-16-8-3-2-4-9-16/h2-4,8-9,17H,5-7,10-15H2,1H3/t17-/m1/s1. The summed E-state index contributed by atoms with van der Waals surface area (Å²) in [5, 5.41) is 0. The molecular formula is C19H27NO4. The third kappa shape index (κ3) is 5.64. The van der Waals surface area contributed by atoms with Gasteiger partial charge in [0, 0.05) is 19.6 Å². The van der Waals surface area contributed by atoms with E-state index in [2.05, 4.69) is 12.1 Å². The van der Waals surface area contributed by atoms with Crippen LogP contribution in [-0.4, -0.2) is 49.7 Å². The average Bonchev–Trinajstić information content (AvgIpc) is 2.64. The predicted molar refractivity (Wildman–Crippen MR) is 91.6 cm³/mol. The largest absolute Gasteiger partial charge is 0.467 e. The molecule has 24 heavy (non-hydrogen) atoms. The number of amides is 1. The van der Waals surface area contributed by atoms with Crippen molar-refractivity contribution in [2.45, 2.75) is 44.6 Å². The van der Waals surface area contributed by atoms with Crippen molar-refractivity contribution in [1.82, 2.24) is 4.90 Å². The highest BCUT2D eigenvalue weighted by Crippen LogP contribution is 2.19. The van der Waals surface area contributed by atoms with Gasteiger partial charge in [-0.25, -0.2) is 4.79 Å². The van der Waals surface area contributed by atoms with E-state index in [-0.39, 0.29) is 11.9 Å². The number of hydrogen-bond acceptors (Lipinski definition) is 4. The molecule has 5 heteroatoms. The third-order valence-corrected chi connectivity index (χ3v) is 4.35. The molecule has 1 aromatic rings. The Morgan fingerprint density at radius 1 is 1.17 bits per heavy atom. The van der Waals surface area contributed by atoms with Crippen LogP contribution >= 0.6 is 0 Å². The van der Waals surface area contributed by atoms with Gasteiger partial charge in [0.15, 0.2) is 0 Å². The van der Waals surface area contributed by atoms with Crippen LogP contribution in [0.3, 0.4) is 0 Å². The number of likely N-dealkylation sites (tertiary alicyclic amines) is 1. The van der Waals surface area contributed by atoms with Gasteiger partial charge in [0.05, 0.1) is 13.7 Å². The lowest BCUT2D eigenvalue weighted by atomic mass is 10.0. The summed E-state index contributed by atoms with van der Waals surface area (Å²) in [6, 6.07) is 9.79. The molecule has 132 valence electrons. The Morgan fingerprint density at radius 3 is 2.71 bits per heavy atom. The van der Waals surface area contributed by atoms with Crippen LogP contribution in [0, 0.1) is 0 Å². The van der Waals surface area contributed by atoms with Crippen LogP contribution in [0.1, 0.15) is 37.7 Å². The highest BCUT2D eigenvalue weighted by atomic mass is 16.5. The van der Waals surface area contributed by atoms with Crippen molar-refractivity contribution in [3.05, 3.63) is 35.9 Å². The Kier molecular flexibility index (Phi) is 7.75. The summed E-state index contributed by atoms with van der Waals surface area (Å²) in [7, 11) is 1.38. The van der Waals surface area contributed by atoms with Gasteiger partial charge in [0.1, 0.15) is 6.04 Å². The van der Waals surface area contributed by atoms with Crippen LogP contribution in [0.15, 0.2) is 30.3 Å². The van der Waals surface area contributed by atoms with Crippen molar-refractivity contribution in [3.8, 4) is 0 Å². The molecular weight excluding hydrogens is 306 g/mol. The van der Waals surface area contributed by atoms with Crippen molar-refractivity contribution in [2.75, 3.05) is 26.9 Å². The molecule has 0 aromatic heterocycles. The number of piperidine rings is 1. The van der Waals surface area contributed by atoms with Crippen molar-refractivity contribution < 1.29 is 19.1 Å². The second-order valence-corrected chi connectivity index (χ2v) is 6.07. The summed E-state index contributed by atoms with van der Waals surface area (Å²) in [5.41, 5.74) is 1.25. The predicted octanol–water partition coefficient (Wildman–Crippen LogP) is 2.58. The summed E-state index contributed by atoms with van der Waals surface area (Å²) in [5.74, 6) is -0.279. The smallest absolute Gasteiger partial charge is 0.328 e. The molecule has 1 heterocycles. The number of carbonyl (C=O) groups excluding carboxylic acids is 2. The first-order chi connectivity index (χ1) is 11.7. The van der Waals surface area contributed by atoms with E-state index in [1.54, 1.807) is 4.90 Å². The Bertz CT molecular complexity index is 517. The Labute approximate surface area is 143 Å². The summed E-state index contributed by atoms with van der Waals surface area (Å²) in [6.45, 7) is 1.87. The lowest BCUT2D eigenvalue weighted by Crippen LogP contribution is -2.48. The molecule has 1 fully saturated rings. The third-order valence-electron chi connectivity index (χ3n) is 4.35. The van der Waals surface area contributed by atoms with E-state index < -0.39 is 6.04 Å². The fraction of sp³-hybridized carbons (Fsp3) is 0.579. The minimum Gasteiger partial charge on any atom is -0.467 e. The lowest BCUT2D eigenvalue weighted by molar-refractivity contribution is -0.154. The van der Waals surface area contributed by atoms with E-state index in [9.17, 15) is 9.59 Å². The number of esters is 1. The molecule has 0 N–H and O–H groups in total. The average molecular weight is 333 g/mol. The van der Waals surface area contributed by atoms with E-state index in [0.29, 0.717) is 39.0 Å². The first-order valence-electron chi connectivity index (χ1n) is 8.71. The van der Waals surface area contributed by atoms with E-state index in [1.807, 2.05) is 18.2 Å². The molecule has 0 radical (unpaired) electrons. The Hall–Kier alpha value is -1.88. The molecule has 0 unspecified atom stereocenters. The van der Waals surface area contributed by atoms with Crippen LogP contribution < -0.4 is 0 Å². The Balaban J connectivity index is 1.64. The van der Waals surface area contributed by atoms with Gasteiger partial charge in [-0.05, 0) is 37.7 Å². The second-order valence-electron chi connectivity index (χ2n) is 6.07. The molecule has 5 nitrogen and oxygen atoms in total. The van der Waals surface area contributed by atoms with Crippen LogP contribution in [0.2, 0.25) is 0 Å². The zero-order chi connectivity index (χ0) is 17.2. The maximum Gasteiger partial charge on any atom is 0.328 e. The van der Waals surface area contributed by atoms with Crippen molar-refractivity contribution >= 4 is 11.9 Å². The molecule has 0 bridgehead atoms. The SMILES string of the molecule is COC(=O)[C@H]1CCCCN1C(=O)CCCOCCc1ccccc1. The molecule has 2 rings (SSSR count). The van der Waals surface area contributed by atoms with E-state index in [4.69, 9.17) is 9.47 Å². The number of nitrogens with zero attached hydrogens (tertiary/aromatic N) is 1. The van der Waals surface area contributed by atoms with Gasteiger partial charge in [0.25, 0.3) is 0 Å². The van der Waals surface area contributed by atoms with Crippen LogP contribution in [0.4, 0.5) is 0 Å². The molecule has 1 aliphatic rings. The number of methoxy groups -OCH3 is 1. The van der Waals surface area contributed by atoms with Gasteiger partial charge < -0.3 is 14.4 Å². The molecule has 0 spiro atoms. The molecule has 1 amide bonds. The molecule has 0 saturated carbocycles. The maximum atomic E-state index is 12.3. The molecule has 1 saturated heterocycles. The van der Waals surface area contributed by atoms with Gasteiger partial charge >= 0.3 is 5.97 Å². The summed E-state index contributed by atoms with van der Waals surface area (Å²) in [4.78, 5) is 25.8. The normalized spacial score (nSPS) is 17.5. The molecule has 1 atom stereocenters. The lowest BCUT2D eigenvalue weighted by Gasteiger charge is -2.33. The zero-order valence-electron chi connectivity index (χ0n) is 14.4. The second kappa shape index (κ2) is 10.1. The van der Waals surface area contributed by atoms with Crippen molar-refractivity contribution in [2.24, 2.45) is 0 Å². The highest BCUT2D eigenvalue weighted by molar-refractivity contribution is 5.84. The number of rotatable bonds is 8. The number of benzene rings is 1. The van der Waals surface area contributed by atoms with E-state index in [0.717, 1.165) is 19.3 Å². The van der Waals surface area contributed by atoms with Gasteiger partial charge in [0.2, 0.25) is 5.91 Å². The van der Waals surface area contributed by atoms with E-state index >= 15 is 0 Å². The van der Waals surface area contributed by atoms with Crippen LogP contribution in [0.5, 0.6) is 0 Å². The molecule has 1 aromatic carbocycles. The van der Waals surface area contributed by atoms with Crippen LogP contribution in [-0.2, 0) is 25.5 Å². The van der Waals surface area contributed by atoms with Gasteiger partial charge in [-0.1, -0.05) is 30.3 Å². The van der Waals surface area contributed by atoms with E-state index in [1.165, 1.54) is 12.7 Å². The number of ether oxygens (including phenoxy) is 2. The zero-order valence-corrected chi connectivity index (χ0v) is 14.4. The summed E-state index contributed by atoms with van der Waals surface area (Å²) >= 11 is 0. The summed E-state index contributed by atoms with van der Waals surface area (Å²) < 4.78 is 10.4. The quantitative estimate of drug-likeness (QED) is 0.542. The van der Waals surface area contributed by atoms with Crippen molar-refractivity contribution in [3.63, 3.8) is 0 Å². The fourth-order valence-corrected chi connectivity index (χ4v) is 3.02. The Morgan fingerprint density at radius 2 is 1.96 bits per heavy atom. The van der Waals surface area contributed by atoms with Gasteiger partial charge in [-0.15, -0.1) is 0 Å². The highest BCUT2D eigenvalue weighted by Gasteiger charge is 2.32. The monoisotopic (exact) mass is 333 g/mol. The number of hydrogen-bond donors (Lipinski definition) is 0. The first-order valence-corrected chi connectivity index (χ1v) is 8.71. The minimum absolute atomic E-state index is 0.0248. The maximum absolute atomic E-state index is 12.3. The van der Waals surface area contributed by atoms with Gasteiger partial charge in [-0.2, -0.15) is 0 Å². The summed E-state index contributed by atoms with van der Waals surface area (Å²) in [6.07, 6.45) is 4.59. The topological polar surface area (TPSA) is 55.8 Å². The minimum atomic E-state index is -0.407.